The summed E-state index contributed by atoms with van der Waals surface area (Å²) in [4.78, 5) is 11.0. The molecule has 0 aromatic rings. The monoisotopic (exact) mass is 236 g/mol. The van der Waals surface area contributed by atoms with E-state index in [0.29, 0.717) is 12.8 Å². The molecule has 1 saturated carbocycles. The molecule has 0 heterocycles. The quantitative estimate of drug-likeness (QED) is 0.580. The van der Waals surface area contributed by atoms with Crippen molar-refractivity contribution in [2.24, 2.45) is 5.92 Å². The van der Waals surface area contributed by atoms with Crippen molar-refractivity contribution in [2.45, 2.75) is 31.5 Å². The van der Waals surface area contributed by atoms with Crippen molar-refractivity contribution in [1.82, 2.24) is 0 Å². The molecule has 1 aliphatic rings. The van der Waals surface area contributed by atoms with Crippen molar-refractivity contribution in [3.8, 4) is 11.8 Å². The van der Waals surface area contributed by atoms with Crippen LogP contribution in [0.25, 0.3) is 0 Å². The summed E-state index contributed by atoms with van der Waals surface area (Å²) in [6.45, 7) is 1.10. The summed E-state index contributed by atoms with van der Waals surface area (Å²) in [6.07, 6.45) is -3.76. The van der Waals surface area contributed by atoms with Gasteiger partial charge in [-0.05, 0) is 25.7 Å². The van der Waals surface area contributed by atoms with E-state index < -0.39 is 17.7 Å². The minimum absolute atomic E-state index is 0.150. The van der Waals surface area contributed by atoms with Crippen LogP contribution in [-0.4, -0.2) is 29.5 Å². The molecule has 0 amide bonds. The number of hydrogen-bond donors (Lipinski definition) is 1. The van der Waals surface area contributed by atoms with Gasteiger partial charge in [-0.1, -0.05) is 5.92 Å². The Hall–Kier alpha value is -1.22. The zero-order valence-electron chi connectivity index (χ0n) is 8.60. The molecule has 0 radical (unpaired) electrons. The van der Waals surface area contributed by atoms with Crippen molar-refractivity contribution >= 4 is 5.97 Å². The van der Waals surface area contributed by atoms with Crippen LogP contribution in [0, 0.1) is 17.8 Å². The summed E-state index contributed by atoms with van der Waals surface area (Å²) in [7, 11) is 0. The van der Waals surface area contributed by atoms with Crippen molar-refractivity contribution in [1.29, 1.82) is 0 Å². The number of aliphatic hydroxyl groups is 1. The number of rotatable bonds is 2. The molecule has 16 heavy (non-hydrogen) atoms. The maximum atomic E-state index is 12.5. The van der Waals surface area contributed by atoms with E-state index >= 15 is 0 Å². The topological polar surface area (TPSA) is 46.5 Å². The second-order valence-electron chi connectivity index (χ2n) is 3.47. The van der Waals surface area contributed by atoms with Crippen molar-refractivity contribution in [3.05, 3.63) is 0 Å². The highest BCUT2D eigenvalue weighted by Gasteiger charge is 2.60. The van der Waals surface area contributed by atoms with Gasteiger partial charge in [0.1, 0.15) is 0 Å². The van der Waals surface area contributed by atoms with Gasteiger partial charge in [0.15, 0.2) is 0 Å². The Morgan fingerprint density at radius 2 is 2.06 bits per heavy atom. The normalized spacial score (nSPS) is 19.3. The lowest BCUT2D eigenvalue weighted by Crippen LogP contribution is -2.52. The van der Waals surface area contributed by atoms with Crippen molar-refractivity contribution in [3.63, 3.8) is 0 Å². The standard InChI is InChI=1S/C10H11F3O3/c1-2-16-8(14)9(15,10(11,12)13)6-5-7-3-4-7/h7,15H,2-4H2,1H3/t9-/m0/s1. The number of ether oxygens (including phenoxy) is 1. The number of hydrogen-bond acceptors (Lipinski definition) is 3. The maximum Gasteiger partial charge on any atom is 0.440 e. The fraction of sp³-hybridized carbons (Fsp3) is 0.700. The molecule has 0 unspecified atom stereocenters. The predicted octanol–water partition coefficient (Wildman–Crippen LogP) is 1.26. The third-order valence-electron chi connectivity index (χ3n) is 2.02. The molecule has 1 fully saturated rings. The Labute approximate surface area is 90.6 Å². The Morgan fingerprint density at radius 3 is 2.44 bits per heavy atom. The van der Waals surface area contributed by atoms with E-state index in [0.717, 1.165) is 0 Å². The molecule has 1 atom stereocenters. The van der Waals surface area contributed by atoms with E-state index in [2.05, 4.69) is 10.7 Å². The molecule has 1 aliphatic carbocycles. The van der Waals surface area contributed by atoms with Crippen LogP contribution >= 0.6 is 0 Å². The van der Waals surface area contributed by atoms with Crippen LogP contribution in [0.1, 0.15) is 19.8 Å². The van der Waals surface area contributed by atoms with Crippen LogP contribution in [0.2, 0.25) is 0 Å². The average Bonchev–Trinajstić information content (AvgIpc) is 2.96. The van der Waals surface area contributed by atoms with Gasteiger partial charge < -0.3 is 9.84 Å². The third kappa shape index (κ3) is 2.67. The minimum atomic E-state index is -5.15. The lowest BCUT2D eigenvalue weighted by atomic mass is 10.0. The summed E-state index contributed by atoms with van der Waals surface area (Å²) >= 11 is 0. The third-order valence-corrected chi connectivity index (χ3v) is 2.02. The molecule has 0 spiro atoms. The molecule has 0 aromatic heterocycles. The lowest BCUT2D eigenvalue weighted by Gasteiger charge is -2.22. The number of carbonyl (C=O) groups excluding carboxylic acids is 1. The van der Waals surface area contributed by atoms with Crippen LogP contribution in [0.3, 0.4) is 0 Å². The Bertz CT molecular complexity index is 335. The second-order valence-corrected chi connectivity index (χ2v) is 3.47. The molecular weight excluding hydrogens is 225 g/mol. The first-order chi connectivity index (χ1) is 7.31. The first-order valence-corrected chi connectivity index (χ1v) is 4.80. The van der Waals surface area contributed by atoms with Gasteiger partial charge in [-0.3, -0.25) is 0 Å². The summed E-state index contributed by atoms with van der Waals surface area (Å²) in [6, 6.07) is 0. The average molecular weight is 236 g/mol. The largest absolute Gasteiger partial charge is 0.463 e. The molecule has 0 aromatic carbocycles. The Kier molecular flexibility index (Phi) is 3.48. The van der Waals surface area contributed by atoms with Gasteiger partial charge in [-0.15, -0.1) is 0 Å². The van der Waals surface area contributed by atoms with E-state index in [1.807, 2.05) is 0 Å². The second kappa shape index (κ2) is 4.34. The molecular formula is C10H11F3O3. The number of esters is 1. The van der Waals surface area contributed by atoms with Gasteiger partial charge in [0.25, 0.3) is 0 Å². The summed E-state index contributed by atoms with van der Waals surface area (Å²) in [5.74, 6) is 1.89. The van der Waals surface area contributed by atoms with Crippen LogP contribution in [0.4, 0.5) is 13.2 Å². The minimum Gasteiger partial charge on any atom is -0.463 e. The highest BCUT2D eigenvalue weighted by atomic mass is 19.4. The number of carbonyl (C=O) groups is 1. The van der Waals surface area contributed by atoms with Gasteiger partial charge in [0.2, 0.25) is 0 Å². The van der Waals surface area contributed by atoms with Gasteiger partial charge in [-0.25, -0.2) is 4.79 Å². The molecule has 90 valence electrons. The smallest absolute Gasteiger partial charge is 0.440 e. The zero-order chi connectivity index (χ0) is 12.4. The van der Waals surface area contributed by atoms with Crippen LogP contribution in [0.15, 0.2) is 0 Å². The summed E-state index contributed by atoms with van der Waals surface area (Å²) in [5.41, 5.74) is -3.70. The molecule has 0 saturated heterocycles. The Morgan fingerprint density at radius 1 is 1.50 bits per heavy atom. The summed E-state index contributed by atoms with van der Waals surface area (Å²) in [5, 5.41) is 9.25. The first-order valence-electron chi connectivity index (χ1n) is 4.80. The SMILES string of the molecule is CCOC(=O)[C@@](O)(C#CC1CC1)C(F)(F)F. The number of halogens is 3. The van der Waals surface area contributed by atoms with Gasteiger partial charge >= 0.3 is 17.7 Å². The highest BCUT2D eigenvalue weighted by molar-refractivity contribution is 5.84. The van der Waals surface area contributed by atoms with Crippen molar-refractivity contribution in [2.75, 3.05) is 6.61 Å². The molecule has 1 rings (SSSR count). The zero-order valence-corrected chi connectivity index (χ0v) is 8.60. The molecule has 1 N–H and O–H groups in total. The predicted molar refractivity (Wildman–Crippen MR) is 48.1 cm³/mol. The van der Waals surface area contributed by atoms with Crippen LogP contribution < -0.4 is 0 Å². The Balaban J connectivity index is 2.92. The van der Waals surface area contributed by atoms with E-state index in [1.165, 1.54) is 6.92 Å². The van der Waals surface area contributed by atoms with E-state index in [-0.39, 0.29) is 12.5 Å². The van der Waals surface area contributed by atoms with E-state index in [1.54, 1.807) is 5.92 Å². The fourth-order valence-corrected chi connectivity index (χ4v) is 0.907. The van der Waals surface area contributed by atoms with Crippen LogP contribution in [-0.2, 0) is 9.53 Å². The van der Waals surface area contributed by atoms with E-state index in [9.17, 15) is 23.1 Å². The fourth-order valence-electron chi connectivity index (χ4n) is 0.907. The van der Waals surface area contributed by atoms with Crippen molar-refractivity contribution < 1.29 is 27.8 Å². The lowest BCUT2D eigenvalue weighted by molar-refractivity contribution is -0.242. The maximum absolute atomic E-state index is 12.5. The first kappa shape index (κ1) is 12.8. The van der Waals surface area contributed by atoms with E-state index in [4.69, 9.17) is 0 Å². The van der Waals surface area contributed by atoms with Gasteiger partial charge in [-0.2, -0.15) is 13.2 Å². The molecule has 3 nitrogen and oxygen atoms in total. The highest BCUT2D eigenvalue weighted by Crippen LogP contribution is 2.33. The molecule has 0 bridgehead atoms. The van der Waals surface area contributed by atoms with Gasteiger partial charge in [0.05, 0.1) is 6.61 Å². The molecule has 0 aliphatic heterocycles. The summed E-state index contributed by atoms with van der Waals surface area (Å²) < 4.78 is 41.7. The van der Waals surface area contributed by atoms with Crippen LogP contribution in [0.5, 0.6) is 0 Å². The molecule has 6 heteroatoms. The van der Waals surface area contributed by atoms with Gasteiger partial charge in [0, 0.05) is 5.92 Å². The number of alkyl halides is 3.